The quantitative estimate of drug-likeness (QED) is 0.756. The highest BCUT2D eigenvalue weighted by Gasteiger charge is 2.02. The lowest BCUT2D eigenvalue weighted by Gasteiger charge is -2.08. The molecule has 0 atom stereocenters. The Labute approximate surface area is 96.9 Å². The fraction of sp³-hybridized carbons (Fsp3) is 0.200. The molecule has 2 aromatic rings. The molecule has 0 aliphatic rings. The van der Waals surface area contributed by atoms with Gasteiger partial charge in [-0.15, -0.1) is 0 Å². The van der Waals surface area contributed by atoms with Crippen LogP contribution in [-0.2, 0) is 6.42 Å². The molecule has 0 radical (unpaired) electrons. The molecule has 1 heteroatoms. The maximum Gasteiger partial charge on any atom is 0.0379 e. The third-order valence-electron chi connectivity index (χ3n) is 2.89. The molecule has 0 aliphatic heterocycles. The first kappa shape index (κ1) is 10.7. The summed E-state index contributed by atoms with van der Waals surface area (Å²) in [6.45, 7) is 4.16. The second-order valence-electron chi connectivity index (χ2n) is 4.31. The summed E-state index contributed by atoms with van der Waals surface area (Å²) in [5.74, 6) is 0. The number of hydrogen-bond donors (Lipinski definition) is 1. The minimum absolute atomic E-state index is 0.912. The van der Waals surface area contributed by atoms with Crippen LogP contribution in [0, 0.1) is 13.8 Å². The van der Waals surface area contributed by atoms with E-state index >= 15 is 0 Å². The predicted octanol–water partition coefficient (Wildman–Crippen LogP) is 3.48. The Hall–Kier alpha value is -1.76. The number of aryl methyl sites for hydroxylation is 2. The van der Waals surface area contributed by atoms with Crippen LogP contribution in [0.5, 0.6) is 0 Å². The van der Waals surface area contributed by atoms with Gasteiger partial charge in [0.1, 0.15) is 0 Å². The van der Waals surface area contributed by atoms with Crippen molar-refractivity contribution in [3.8, 4) is 0 Å². The molecule has 2 N–H and O–H groups in total. The molecule has 0 fully saturated rings. The van der Waals surface area contributed by atoms with Crippen LogP contribution in [0.3, 0.4) is 0 Å². The van der Waals surface area contributed by atoms with E-state index in [1.807, 2.05) is 0 Å². The van der Waals surface area contributed by atoms with E-state index in [9.17, 15) is 0 Å². The monoisotopic (exact) mass is 211 g/mol. The number of nitrogen functional groups attached to an aromatic ring is 1. The van der Waals surface area contributed by atoms with Gasteiger partial charge in [-0.05, 0) is 37.0 Å². The summed E-state index contributed by atoms with van der Waals surface area (Å²) in [4.78, 5) is 0. The Morgan fingerprint density at radius 1 is 1.00 bits per heavy atom. The zero-order chi connectivity index (χ0) is 11.5. The molecule has 0 saturated carbocycles. The molecule has 0 spiro atoms. The molecule has 0 amide bonds. The molecule has 2 aromatic carbocycles. The van der Waals surface area contributed by atoms with Crippen molar-refractivity contribution in [2.75, 3.05) is 5.73 Å². The highest BCUT2D eigenvalue weighted by Crippen LogP contribution is 2.20. The van der Waals surface area contributed by atoms with E-state index in [0.29, 0.717) is 0 Å². The first-order valence-corrected chi connectivity index (χ1v) is 5.56. The Balaban J connectivity index is 2.31. The van der Waals surface area contributed by atoms with E-state index < -0.39 is 0 Å². The van der Waals surface area contributed by atoms with E-state index in [0.717, 1.165) is 17.7 Å². The largest absolute Gasteiger partial charge is 0.398 e. The standard InChI is InChI=1S/C15H17N/c1-11-5-3-7-13(9-11)10-14-8-4-6-12(2)15(14)16/h3-9H,10,16H2,1-2H3. The third-order valence-corrected chi connectivity index (χ3v) is 2.89. The Kier molecular flexibility index (Phi) is 2.95. The van der Waals surface area contributed by atoms with Gasteiger partial charge in [-0.1, -0.05) is 48.0 Å². The fourth-order valence-electron chi connectivity index (χ4n) is 1.94. The predicted molar refractivity (Wildman–Crippen MR) is 69.6 cm³/mol. The normalized spacial score (nSPS) is 10.4. The summed E-state index contributed by atoms with van der Waals surface area (Å²) < 4.78 is 0. The second-order valence-corrected chi connectivity index (χ2v) is 4.31. The molecule has 0 bridgehead atoms. The molecule has 2 rings (SSSR count). The Morgan fingerprint density at radius 3 is 2.50 bits per heavy atom. The minimum Gasteiger partial charge on any atom is -0.398 e. The van der Waals surface area contributed by atoms with E-state index in [4.69, 9.17) is 5.73 Å². The molecule has 82 valence electrons. The first-order chi connectivity index (χ1) is 7.66. The zero-order valence-electron chi connectivity index (χ0n) is 9.83. The Bertz CT molecular complexity index is 501. The molecular formula is C15H17N. The second kappa shape index (κ2) is 4.40. The molecule has 0 aromatic heterocycles. The average Bonchev–Trinajstić information content (AvgIpc) is 2.25. The molecular weight excluding hydrogens is 194 g/mol. The maximum atomic E-state index is 6.07. The van der Waals surface area contributed by atoms with Crippen molar-refractivity contribution in [2.24, 2.45) is 0 Å². The van der Waals surface area contributed by atoms with Gasteiger partial charge in [-0.2, -0.15) is 0 Å². The SMILES string of the molecule is Cc1cccc(Cc2cccc(C)c2N)c1. The molecule has 1 nitrogen and oxygen atoms in total. The van der Waals surface area contributed by atoms with E-state index in [1.54, 1.807) is 0 Å². The van der Waals surface area contributed by atoms with Gasteiger partial charge in [-0.25, -0.2) is 0 Å². The van der Waals surface area contributed by atoms with Gasteiger partial charge in [0, 0.05) is 5.69 Å². The Morgan fingerprint density at radius 2 is 1.75 bits per heavy atom. The fourth-order valence-corrected chi connectivity index (χ4v) is 1.94. The average molecular weight is 211 g/mol. The number of nitrogens with two attached hydrogens (primary N) is 1. The lowest BCUT2D eigenvalue weighted by Crippen LogP contribution is -1.98. The summed E-state index contributed by atoms with van der Waals surface area (Å²) in [6, 6.07) is 14.8. The lowest BCUT2D eigenvalue weighted by molar-refractivity contribution is 1.18. The minimum atomic E-state index is 0.912. The van der Waals surface area contributed by atoms with Crippen molar-refractivity contribution < 1.29 is 0 Å². The summed E-state index contributed by atoms with van der Waals surface area (Å²) in [7, 11) is 0. The van der Waals surface area contributed by atoms with Crippen LogP contribution < -0.4 is 5.73 Å². The molecule has 0 aliphatic carbocycles. The lowest BCUT2D eigenvalue weighted by atomic mass is 10.00. The van der Waals surface area contributed by atoms with Crippen LogP contribution in [0.1, 0.15) is 22.3 Å². The molecule has 16 heavy (non-hydrogen) atoms. The molecule has 0 unspecified atom stereocenters. The third kappa shape index (κ3) is 2.25. The van der Waals surface area contributed by atoms with E-state index in [-0.39, 0.29) is 0 Å². The number of rotatable bonds is 2. The highest BCUT2D eigenvalue weighted by molar-refractivity contribution is 5.54. The first-order valence-electron chi connectivity index (χ1n) is 5.56. The summed E-state index contributed by atoms with van der Waals surface area (Å²) in [5.41, 5.74) is 12.0. The van der Waals surface area contributed by atoms with Crippen molar-refractivity contribution in [1.29, 1.82) is 0 Å². The van der Waals surface area contributed by atoms with Crippen molar-refractivity contribution >= 4 is 5.69 Å². The number of para-hydroxylation sites is 1. The van der Waals surface area contributed by atoms with Gasteiger partial charge in [-0.3, -0.25) is 0 Å². The number of benzene rings is 2. The zero-order valence-corrected chi connectivity index (χ0v) is 9.83. The molecule has 0 saturated heterocycles. The van der Waals surface area contributed by atoms with Gasteiger partial charge in [0.05, 0.1) is 0 Å². The summed E-state index contributed by atoms with van der Waals surface area (Å²) in [5, 5.41) is 0. The van der Waals surface area contributed by atoms with Gasteiger partial charge >= 0.3 is 0 Å². The van der Waals surface area contributed by atoms with Gasteiger partial charge < -0.3 is 5.73 Å². The van der Waals surface area contributed by atoms with Crippen LogP contribution in [0.4, 0.5) is 5.69 Å². The number of hydrogen-bond acceptors (Lipinski definition) is 1. The summed E-state index contributed by atoms with van der Waals surface area (Å²) in [6.07, 6.45) is 0.912. The van der Waals surface area contributed by atoms with E-state index in [2.05, 4.69) is 56.3 Å². The smallest absolute Gasteiger partial charge is 0.0379 e. The van der Waals surface area contributed by atoms with Crippen LogP contribution >= 0.6 is 0 Å². The van der Waals surface area contributed by atoms with Crippen molar-refractivity contribution in [2.45, 2.75) is 20.3 Å². The van der Waals surface area contributed by atoms with Gasteiger partial charge in [0.25, 0.3) is 0 Å². The van der Waals surface area contributed by atoms with E-state index in [1.165, 1.54) is 16.7 Å². The van der Waals surface area contributed by atoms with Crippen molar-refractivity contribution in [3.63, 3.8) is 0 Å². The van der Waals surface area contributed by atoms with Crippen LogP contribution in [0.15, 0.2) is 42.5 Å². The summed E-state index contributed by atoms with van der Waals surface area (Å²) >= 11 is 0. The van der Waals surface area contributed by atoms with Crippen molar-refractivity contribution in [1.82, 2.24) is 0 Å². The van der Waals surface area contributed by atoms with Crippen LogP contribution in [-0.4, -0.2) is 0 Å². The highest BCUT2D eigenvalue weighted by atomic mass is 14.6. The topological polar surface area (TPSA) is 26.0 Å². The van der Waals surface area contributed by atoms with Gasteiger partial charge in [0.15, 0.2) is 0 Å². The van der Waals surface area contributed by atoms with Crippen LogP contribution in [0.25, 0.3) is 0 Å². The van der Waals surface area contributed by atoms with Crippen LogP contribution in [0.2, 0.25) is 0 Å². The maximum absolute atomic E-state index is 6.07. The van der Waals surface area contributed by atoms with Gasteiger partial charge in [0.2, 0.25) is 0 Å². The van der Waals surface area contributed by atoms with Crippen molar-refractivity contribution in [3.05, 3.63) is 64.7 Å². The number of anilines is 1. The molecule has 0 heterocycles.